The van der Waals surface area contributed by atoms with Crippen LogP contribution in [-0.4, -0.2) is 41.0 Å². The minimum absolute atomic E-state index is 0.228. The van der Waals surface area contributed by atoms with Gasteiger partial charge in [-0.15, -0.1) is 11.3 Å². The van der Waals surface area contributed by atoms with Crippen molar-refractivity contribution in [3.8, 4) is 0 Å². The van der Waals surface area contributed by atoms with Crippen molar-refractivity contribution in [1.82, 2.24) is 14.9 Å². The maximum Gasteiger partial charge on any atom is 0.416 e. The molecule has 23 heavy (non-hydrogen) atoms. The first-order valence-electron chi connectivity index (χ1n) is 7.37. The Hall–Kier alpha value is -1.67. The Morgan fingerprint density at radius 2 is 1.87 bits per heavy atom. The van der Waals surface area contributed by atoms with Crippen LogP contribution >= 0.6 is 11.3 Å². The molecule has 124 valence electrons. The van der Waals surface area contributed by atoms with Gasteiger partial charge in [-0.2, -0.15) is 13.2 Å². The average molecular weight is 342 g/mol. The Kier molecular flexibility index (Phi) is 4.54. The summed E-state index contributed by atoms with van der Waals surface area (Å²) in [4.78, 5) is 12.6. The number of thiazole rings is 1. The van der Waals surface area contributed by atoms with Crippen molar-refractivity contribution in [3.63, 3.8) is 0 Å². The lowest BCUT2D eigenvalue weighted by molar-refractivity contribution is -0.137. The van der Waals surface area contributed by atoms with Gasteiger partial charge in [0.25, 0.3) is 0 Å². The summed E-state index contributed by atoms with van der Waals surface area (Å²) in [5, 5.41) is 3.02. The van der Waals surface area contributed by atoms with Crippen molar-refractivity contribution in [2.24, 2.45) is 0 Å². The van der Waals surface area contributed by atoms with Gasteiger partial charge in [-0.05, 0) is 19.1 Å². The summed E-state index contributed by atoms with van der Waals surface area (Å²) in [5.41, 5.74) is -0.652. The van der Waals surface area contributed by atoms with Crippen LogP contribution in [0.5, 0.6) is 0 Å². The molecule has 1 unspecified atom stereocenters. The maximum atomic E-state index is 12.8. The molecule has 3 rings (SSSR count). The fraction of sp³-hybridized carbons (Fsp3) is 0.467. The van der Waals surface area contributed by atoms with Crippen LogP contribution in [0.2, 0.25) is 0 Å². The van der Waals surface area contributed by atoms with E-state index in [1.165, 1.54) is 6.20 Å². The van der Waals surface area contributed by atoms with Gasteiger partial charge in [-0.25, -0.2) is 9.97 Å². The molecule has 1 atom stereocenters. The Bertz CT molecular complexity index is 636. The first kappa shape index (κ1) is 16.2. The summed E-state index contributed by atoms with van der Waals surface area (Å²) in [7, 11) is 0. The Labute approximate surface area is 136 Å². The van der Waals surface area contributed by atoms with Crippen molar-refractivity contribution < 1.29 is 13.2 Å². The zero-order chi connectivity index (χ0) is 16.4. The molecule has 0 saturated carbocycles. The highest BCUT2D eigenvalue weighted by Crippen LogP contribution is 2.31. The highest BCUT2D eigenvalue weighted by atomic mass is 32.1. The Balaban J connectivity index is 1.65. The number of anilines is 1. The van der Waals surface area contributed by atoms with Crippen LogP contribution in [0.3, 0.4) is 0 Å². The monoisotopic (exact) mass is 342 g/mol. The summed E-state index contributed by atoms with van der Waals surface area (Å²) in [6.45, 7) is 4.97. The molecule has 3 heterocycles. The standard InChI is InChI=1S/C15H17F3N4S/c1-11(14-20-4-9-23-14)21-5-7-22(8-6-21)13-10-12(2-3-19-13)15(16,17)18/h2-4,9-11H,5-8H2,1H3. The molecule has 1 aliphatic rings. The summed E-state index contributed by atoms with van der Waals surface area (Å²) in [6.07, 6.45) is -1.32. The van der Waals surface area contributed by atoms with Crippen LogP contribution in [0.25, 0.3) is 0 Å². The number of halogens is 3. The zero-order valence-corrected chi connectivity index (χ0v) is 13.4. The van der Waals surface area contributed by atoms with E-state index in [-0.39, 0.29) is 6.04 Å². The quantitative estimate of drug-likeness (QED) is 0.855. The number of hydrogen-bond donors (Lipinski definition) is 0. The van der Waals surface area contributed by atoms with Crippen molar-refractivity contribution in [2.75, 3.05) is 31.1 Å². The molecule has 0 amide bonds. The largest absolute Gasteiger partial charge is 0.416 e. The minimum Gasteiger partial charge on any atom is -0.354 e. The normalized spacial score (nSPS) is 18.2. The van der Waals surface area contributed by atoms with Gasteiger partial charge < -0.3 is 4.90 Å². The van der Waals surface area contributed by atoms with E-state index in [2.05, 4.69) is 21.8 Å². The number of pyridine rings is 1. The first-order chi connectivity index (χ1) is 10.9. The second-order valence-electron chi connectivity index (χ2n) is 5.47. The molecule has 2 aromatic heterocycles. The molecule has 0 spiro atoms. The van der Waals surface area contributed by atoms with Gasteiger partial charge in [0.05, 0.1) is 11.6 Å². The lowest BCUT2D eigenvalue weighted by atomic mass is 10.2. The smallest absolute Gasteiger partial charge is 0.354 e. The van der Waals surface area contributed by atoms with Gasteiger partial charge in [0.1, 0.15) is 10.8 Å². The third-order valence-corrected chi connectivity index (χ3v) is 5.01. The van der Waals surface area contributed by atoms with Crippen LogP contribution < -0.4 is 4.90 Å². The summed E-state index contributed by atoms with van der Waals surface area (Å²) in [5.74, 6) is 0.390. The van der Waals surface area contributed by atoms with Crippen molar-refractivity contribution >= 4 is 17.2 Å². The SMILES string of the molecule is CC(c1nccs1)N1CCN(c2cc(C(F)(F)F)ccn2)CC1. The molecule has 0 N–H and O–H groups in total. The second kappa shape index (κ2) is 6.45. The first-order valence-corrected chi connectivity index (χ1v) is 8.25. The van der Waals surface area contributed by atoms with Gasteiger partial charge in [0.2, 0.25) is 0 Å². The van der Waals surface area contributed by atoms with Gasteiger partial charge in [-0.3, -0.25) is 4.90 Å². The van der Waals surface area contributed by atoms with Crippen LogP contribution in [0.4, 0.5) is 19.0 Å². The number of nitrogens with zero attached hydrogens (tertiary/aromatic N) is 4. The fourth-order valence-corrected chi connectivity index (χ4v) is 3.43. The molecule has 2 aromatic rings. The van der Waals surface area contributed by atoms with Crippen molar-refractivity contribution in [3.05, 3.63) is 40.5 Å². The van der Waals surface area contributed by atoms with E-state index in [4.69, 9.17) is 0 Å². The van der Waals surface area contributed by atoms with E-state index in [0.717, 1.165) is 30.2 Å². The molecular formula is C15H17F3N4S. The van der Waals surface area contributed by atoms with Crippen molar-refractivity contribution in [1.29, 1.82) is 0 Å². The van der Waals surface area contributed by atoms with E-state index < -0.39 is 11.7 Å². The zero-order valence-electron chi connectivity index (χ0n) is 12.6. The molecule has 0 bridgehead atoms. The Morgan fingerprint density at radius 1 is 1.13 bits per heavy atom. The molecule has 8 heteroatoms. The van der Waals surface area contributed by atoms with E-state index in [1.54, 1.807) is 17.5 Å². The highest BCUT2D eigenvalue weighted by molar-refractivity contribution is 7.09. The van der Waals surface area contributed by atoms with Crippen molar-refractivity contribution in [2.45, 2.75) is 19.1 Å². The fourth-order valence-electron chi connectivity index (χ4n) is 2.70. The molecule has 0 aromatic carbocycles. The molecule has 0 radical (unpaired) electrons. The van der Waals surface area contributed by atoms with E-state index in [1.807, 2.05) is 10.3 Å². The van der Waals surface area contributed by atoms with Gasteiger partial charge in [-0.1, -0.05) is 0 Å². The van der Waals surface area contributed by atoms with Crippen LogP contribution in [0.15, 0.2) is 29.9 Å². The number of piperazine rings is 1. The summed E-state index contributed by atoms with van der Waals surface area (Å²) in [6, 6.07) is 2.36. The number of rotatable bonds is 3. The lowest BCUT2D eigenvalue weighted by Crippen LogP contribution is -2.47. The van der Waals surface area contributed by atoms with Crippen LogP contribution in [-0.2, 0) is 6.18 Å². The maximum absolute atomic E-state index is 12.8. The average Bonchev–Trinajstić information content (AvgIpc) is 3.08. The van der Waals surface area contributed by atoms with Gasteiger partial charge in [0.15, 0.2) is 0 Å². The summed E-state index contributed by atoms with van der Waals surface area (Å²) < 4.78 is 38.4. The molecule has 1 aliphatic heterocycles. The molecule has 4 nitrogen and oxygen atoms in total. The third-order valence-electron chi connectivity index (χ3n) is 4.07. The highest BCUT2D eigenvalue weighted by Gasteiger charge is 2.32. The predicted octanol–water partition coefficient (Wildman–Crippen LogP) is 3.44. The van der Waals surface area contributed by atoms with Gasteiger partial charge in [0, 0.05) is 44.0 Å². The second-order valence-corrected chi connectivity index (χ2v) is 6.40. The molecule has 1 saturated heterocycles. The van der Waals surface area contributed by atoms with Crippen LogP contribution in [0, 0.1) is 0 Å². The van der Waals surface area contributed by atoms with E-state index >= 15 is 0 Å². The number of hydrogen-bond acceptors (Lipinski definition) is 5. The van der Waals surface area contributed by atoms with Crippen LogP contribution in [0.1, 0.15) is 23.5 Å². The van der Waals surface area contributed by atoms with E-state index in [0.29, 0.717) is 18.9 Å². The summed E-state index contributed by atoms with van der Waals surface area (Å²) >= 11 is 1.62. The predicted molar refractivity (Wildman–Crippen MR) is 83.6 cm³/mol. The third kappa shape index (κ3) is 3.64. The molecule has 0 aliphatic carbocycles. The van der Waals surface area contributed by atoms with Gasteiger partial charge >= 0.3 is 6.18 Å². The van der Waals surface area contributed by atoms with E-state index in [9.17, 15) is 13.2 Å². The molecular weight excluding hydrogens is 325 g/mol. The minimum atomic E-state index is -4.33. The molecule has 1 fully saturated rings. The number of aromatic nitrogens is 2. The number of alkyl halides is 3. The lowest BCUT2D eigenvalue weighted by Gasteiger charge is -2.38. The topological polar surface area (TPSA) is 32.3 Å². The Morgan fingerprint density at radius 3 is 2.48 bits per heavy atom.